The first kappa shape index (κ1) is 13.5. The van der Waals surface area contributed by atoms with E-state index in [1.54, 1.807) is 0 Å². The van der Waals surface area contributed by atoms with E-state index in [9.17, 15) is 14.9 Å². The Morgan fingerprint density at radius 3 is 2.75 bits per heavy atom. The summed E-state index contributed by atoms with van der Waals surface area (Å²) in [6.07, 6.45) is 0.507. The third-order valence-electron chi connectivity index (χ3n) is 2.31. The SMILES string of the molecule is O=C(NCc1ncon1)OCc1ccc([N+](=O)[O-])cc1. The van der Waals surface area contributed by atoms with Gasteiger partial charge in [0.25, 0.3) is 5.69 Å². The van der Waals surface area contributed by atoms with Gasteiger partial charge in [-0.2, -0.15) is 4.98 Å². The van der Waals surface area contributed by atoms with Crippen LogP contribution >= 0.6 is 0 Å². The minimum atomic E-state index is -0.645. The van der Waals surface area contributed by atoms with Crippen LogP contribution in [-0.4, -0.2) is 21.2 Å². The van der Waals surface area contributed by atoms with Crippen molar-refractivity contribution in [2.45, 2.75) is 13.2 Å². The molecule has 0 saturated carbocycles. The fourth-order valence-corrected chi connectivity index (χ4v) is 1.34. The average molecular weight is 278 g/mol. The lowest BCUT2D eigenvalue weighted by atomic mass is 10.2. The largest absolute Gasteiger partial charge is 0.445 e. The zero-order valence-corrected chi connectivity index (χ0v) is 10.2. The monoisotopic (exact) mass is 278 g/mol. The smallest absolute Gasteiger partial charge is 0.407 e. The van der Waals surface area contributed by atoms with Crippen molar-refractivity contribution in [2.75, 3.05) is 0 Å². The molecule has 0 spiro atoms. The molecule has 0 radical (unpaired) electrons. The number of nitro benzene ring substituents is 1. The highest BCUT2D eigenvalue weighted by Gasteiger charge is 2.07. The van der Waals surface area contributed by atoms with E-state index in [0.717, 1.165) is 6.39 Å². The van der Waals surface area contributed by atoms with E-state index in [-0.39, 0.29) is 18.8 Å². The molecule has 0 fully saturated rings. The van der Waals surface area contributed by atoms with E-state index in [1.165, 1.54) is 24.3 Å². The number of nitro groups is 1. The first-order valence-electron chi connectivity index (χ1n) is 5.54. The Bertz CT molecular complexity index is 581. The van der Waals surface area contributed by atoms with Gasteiger partial charge in [0.05, 0.1) is 11.5 Å². The van der Waals surface area contributed by atoms with Crippen LogP contribution in [0.15, 0.2) is 35.2 Å². The van der Waals surface area contributed by atoms with Crippen LogP contribution in [0.2, 0.25) is 0 Å². The zero-order valence-electron chi connectivity index (χ0n) is 10.2. The molecule has 104 valence electrons. The molecule has 0 bridgehead atoms. The van der Waals surface area contributed by atoms with E-state index < -0.39 is 11.0 Å². The number of ether oxygens (including phenoxy) is 1. The Kier molecular flexibility index (Phi) is 4.22. The summed E-state index contributed by atoms with van der Waals surface area (Å²) >= 11 is 0. The topological polar surface area (TPSA) is 120 Å². The highest BCUT2D eigenvalue weighted by Crippen LogP contribution is 2.12. The van der Waals surface area contributed by atoms with Gasteiger partial charge in [0.15, 0.2) is 5.82 Å². The van der Waals surface area contributed by atoms with E-state index in [1.807, 2.05) is 0 Å². The second-order valence-corrected chi connectivity index (χ2v) is 3.70. The summed E-state index contributed by atoms with van der Waals surface area (Å²) in [5, 5.41) is 16.4. The summed E-state index contributed by atoms with van der Waals surface area (Å²) in [7, 11) is 0. The predicted molar refractivity (Wildman–Crippen MR) is 64.4 cm³/mol. The lowest BCUT2D eigenvalue weighted by Crippen LogP contribution is -2.24. The Morgan fingerprint density at radius 1 is 1.40 bits per heavy atom. The molecule has 2 rings (SSSR count). The van der Waals surface area contributed by atoms with Gasteiger partial charge in [-0.05, 0) is 17.7 Å². The number of hydrogen-bond acceptors (Lipinski definition) is 7. The molecule has 1 heterocycles. The Balaban J connectivity index is 1.76. The van der Waals surface area contributed by atoms with Crippen LogP contribution in [0.4, 0.5) is 10.5 Å². The van der Waals surface area contributed by atoms with Crippen LogP contribution in [0, 0.1) is 10.1 Å². The number of amides is 1. The number of carbonyl (C=O) groups is 1. The van der Waals surface area contributed by atoms with Crippen molar-refractivity contribution < 1.29 is 19.0 Å². The summed E-state index contributed by atoms with van der Waals surface area (Å²) in [6.45, 7) is 0.103. The number of benzene rings is 1. The molecule has 0 aliphatic rings. The van der Waals surface area contributed by atoms with Crippen LogP contribution in [0.25, 0.3) is 0 Å². The molecule has 1 amide bonds. The van der Waals surface area contributed by atoms with Crippen molar-refractivity contribution in [1.29, 1.82) is 0 Å². The lowest BCUT2D eigenvalue weighted by Gasteiger charge is -2.05. The Hall–Kier alpha value is -2.97. The molecule has 0 aliphatic carbocycles. The number of carbonyl (C=O) groups excluding carboxylic acids is 1. The molecule has 0 unspecified atom stereocenters. The number of aromatic nitrogens is 2. The van der Waals surface area contributed by atoms with Crippen LogP contribution in [0.5, 0.6) is 0 Å². The van der Waals surface area contributed by atoms with Crippen LogP contribution in [-0.2, 0) is 17.9 Å². The second kappa shape index (κ2) is 6.27. The average Bonchev–Trinajstić information content (AvgIpc) is 2.96. The van der Waals surface area contributed by atoms with Gasteiger partial charge in [-0.25, -0.2) is 4.79 Å². The number of hydrogen-bond donors (Lipinski definition) is 1. The molecule has 1 aromatic heterocycles. The van der Waals surface area contributed by atoms with Gasteiger partial charge in [-0.3, -0.25) is 10.1 Å². The number of non-ortho nitro benzene ring substituents is 1. The Labute approximate surface area is 112 Å². The number of nitrogens with zero attached hydrogens (tertiary/aromatic N) is 3. The van der Waals surface area contributed by atoms with Crippen molar-refractivity contribution in [3.05, 3.63) is 52.2 Å². The maximum atomic E-state index is 11.4. The van der Waals surface area contributed by atoms with Gasteiger partial charge in [0.2, 0.25) is 6.39 Å². The van der Waals surface area contributed by atoms with Crippen molar-refractivity contribution in [2.24, 2.45) is 0 Å². The fourth-order valence-electron chi connectivity index (χ4n) is 1.34. The van der Waals surface area contributed by atoms with Gasteiger partial charge in [0, 0.05) is 12.1 Å². The molecular weight excluding hydrogens is 268 g/mol. The molecule has 9 nitrogen and oxygen atoms in total. The van der Waals surface area contributed by atoms with Crippen molar-refractivity contribution in [1.82, 2.24) is 15.5 Å². The zero-order chi connectivity index (χ0) is 14.4. The summed E-state index contributed by atoms with van der Waals surface area (Å²) < 4.78 is 9.42. The highest BCUT2D eigenvalue weighted by atomic mass is 16.6. The fraction of sp³-hybridized carbons (Fsp3) is 0.182. The molecular formula is C11H10N4O5. The molecule has 9 heteroatoms. The Morgan fingerprint density at radius 2 is 2.15 bits per heavy atom. The van der Waals surface area contributed by atoms with E-state index >= 15 is 0 Å². The third-order valence-corrected chi connectivity index (χ3v) is 2.31. The molecule has 20 heavy (non-hydrogen) atoms. The van der Waals surface area contributed by atoms with Crippen LogP contribution in [0.3, 0.4) is 0 Å². The van der Waals surface area contributed by atoms with Gasteiger partial charge in [-0.15, -0.1) is 0 Å². The normalized spacial score (nSPS) is 10.0. The molecule has 0 saturated heterocycles. The van der Waals surface area contributed by atoms with Gasteiger partial charge < -0.3 is 14.6 Å². The predicted octanol–water partition coefficient (Wildman–Crippen LogP) is 1.40. The first-order chi connectivity index (χ1) is 9.65. The molecule has 0 aliphatic heterocycles. The maximum absolute atomic E-state index is 11.4. The lowest BCUT2D eigenvalue weighted by molar-refractivity contribution is -0.384. The summed E-state index contributed by atoms with van der Waals surface area (Å²) in [5.74, 6) is 0.331. The van der Waals surface area contributed by atoms with Crippen molar-refractivity contribution in [3.63, 3.8) is 0 Å². The molecule has 1 aromatic carbocycles. The van der Waals surface area contributed by atoms with Crippen LogP contribution in [0.1, 0.15) is 11.4 Å². The molecule has 1 N–H and O–H groups in total. The van der Waals surface area contributed by atoms with Crippen LogP contribution < -0.4 is 5.32 Å². The second-order valence-electron chi connectivity index (χ2n) is 3.70. The van der Waals surface area contributed by atoms with Gasteiger partial charge in [0.1, 0.15) is 6.61 Å². The third kappa shape index (κ3) is 3.77. The number of nitrogens with one attached hydrogen (secondary N) is 1. The van der Waals surface area contributed by atoms with Crippen molar-refractivity contribution >= 4 is 11.8 Å². The quantitative estimate of drug-likeness (QED) is 0.648. The van der Waals surface area contributed by atoms with E-state index in [4.69, 9.17) is 4.74 Å². The van der Waals surface area contributed by atoms with E-state index in [0.29, 0.717) is 11.4 Å². The van der Waals surface area contributed by atoms with Gasteiger partial charge in [-0.1, -0.05) is 5.16 Å². The molecule has 2 aromatic rings. The highest BCUT2D eigenvalue weighted by molar-refractivity contribution is 5.67. The van der Waals surface area contributed by atoms with Crippen molar-refractivity contribution in [3.8, 4) is 0 Å². The summed E-state index contributed by atoms with van der Waals surface area (Å²) in [5.41, 5.74) is 0.626. The minimum Gasteiger partial charge on any atom is -0.445 e. The van der Waals surface area contributed by atoms with E-state index in [2.05, 4.69) is 20.0 Å². The summed E-state index contributed by atoms with van der Waals surface area (Å²) in [4.78, 5) is 25.0. The number of alkyl carbamates (subject to hydrolysis) is 1. The van der Waals surface area contributed by atoms with Gasteiger partial charge >= 0.3 is 6.09 Å². The first-order valence-corrected chi connectivity index (χ1v) is 5.54. The summed E-state index contributed by atoms with van der Waals surface area (Å²) in [6, 6.07) is 5.72. The number of rotatable bonds is 5. The standard InChI is InChI=1S/C11H10N4O5/c16-11(12-5-10-13-7-20-14-10)19-6-8-1-3-9(4-2-8)15(17)18/h1-4,7H,5-6H2,(H,12,16). The molecule has 0 atom stereocenters. The maximum Gasteiger partial charge on any atom is 0.407 e. The minimum absolute atomic E-state index is 0.00999.